The molecule has 2 rings (SSSR count). The van der Waals surface area contributed by atoms with E-state index in [4.69, 9.17) is 0 Å². The molecule has 0 spiro atoms. The van der Waals surface area contributed by atoms with Gasteiger partial charge in [0.2, 0.25) is 5.95 Å². The second-order valence-electron chi connectivity index (χ2n) is 4.58. The van der Waals surface area contributed by atoms with Gasteiger partial charge in [0.25, 0.3) is 5.56 Å². The zero-order valence-corrected chi connectivity index (χ0v) is 10.2. The van der Waals surface area contributed by atoms with Gasteiger partial charge in [0.05, 0.1) is 0 Å². The van der Waals surface area contributed by atoms with Gasteiger partial charge in [-0.15, -0.1) is 10.2 Å². The second-order valence-corrected chi connectivity index (χ2v) is 4.58. The third kappa shape index (κ3) is 3.12. The number of H-pyrrole nitrogens is 1. The van der Waals surface area contributed by atoms with Gasteiger partial charge in [-0.3, -0.25) is 9.78 Å². The normalized spacial score (nSPS) is 22.7. The number of nitrogens with one attached hydrogen (secondary N) is 2. The summed E-state index contributed by atoms with van der Waals surface area (Å²) in [6, 6.07) is 0. The van der Waals surface area contributed by atoms with E-state index in [1.165, 1.54) is 12.8 Å². The van der Waals surface area contributed by atoms with Gasteiger partial charge in [0.1, 0.15) is 5.69 Å². The van der Waals surface area contributed by atoms with E-state index < -0.39 is 0 Å². The maximum atomic E-state index is 11.3. The average Bonchev–Trinajstić information content (AvgIpc) is 2.31. The molecule has 0 amide bonds. The quantitative estimate of drug-likeness (QED) is 0.760. The largest absolute Gasteiger partial charge is 0.288 e. The molecule has 0 bridgehead atoms. The lowest BCUT2D eigenvalue weighted by Gasteiger charge is -2.18. The van der Waals surface area contributed by atoms with Crippen molar-refractivity contribution in [3.05, 3.63) is 16.0 Å². The summed E-state index contributed by atoms with van der Waals surface area (Å²) in [6.07, 6.45) is 4.47. The Morgan fingerprint density at radius 3 is 3.00 bits per heavy atom. The molecular formula is C11H17N5O. The predicted molar refractivity (Wildman–Crippen MR) is 66.1 cm³/mol. The van der Waals surface area contributed by atoms with E-state index in [-0.39, 0.29) is 5.56 Å². The molecule has 1 aromatic heterocycles. The van der Waals surface area contributed by atoms with Crippen LogP contribution >= 0.6 is 0 Å². The molecule has 1 aliphatic rings. The molecule has 1 fully saturated rings. The lowest BCUT2D eigenvalue weighted by atomic mass is 9.89. The summed E-state index contributed by atoms with van der Waals surface area (Å²) in [7, 11) is 0. The lowest BCUT2D eigenvalue weighted by molar-refractivity contribution is 0.500. The summed E-state index contributed by atoms with van der Waals surface area (Å²) >= 11 is 0. The van der Waals surface area contributed by atoms with Gasteiger partial charge < -0.3 is 0 Å². The molecule has 6 heteroatoms. The Kier molecular flexibility index (Phi) is 3.51. The Morgan fingerprint density at radius 1 is 1.47 bits per heavy atom. The van der Waals surface area contributed by atoms with E-state index >= 15 is 0 Å². The minimum Gasteiger partial charge on any atom is -0.288 e. The number of anilines is 1. The Bertz CT molecular complexity index is 479. The SMILES string of the molecule is Cc1nnc(N/N=C2/CCC[C@@H](C)C2)[nH]c1=O. The minimum absolute atomic E-state index is 0.236. The first kappa shape index (κ1) is 11.8. The van der Waals surface area contributed by atoms with Crippen molar-refractivity contribution in [3.8, 4) is 0 Å². The third-order valence-electron chi connectivity index (χ3n) is 2.93. The van der Waals surface area contributed by atoms with Crippen molar-refractivity contribution in [1.82, 2.24) is 15.2 Å². The van der Waals surface area contributed by atoms with Crippen LogP contribution in [0.15, 0.2) is 9.90 Å². The molecule has 2 N–H and O–H groups in total. The van der Waals surface area contributed by atoms with Crippen LogP contribution in [0.25, 0.3) is 0 Å². The number of aromatic amines is 1. The topological polar surface area (TPSA) is 83.0 Å². The summed E-state index contributed by atoms with van der Waals surface area (Å²) in [4.78, 5) is 13.9. The van der Waals surface area contributed by atoms with Gasteiger partial charge in [0, 0.05) is 5.71 Å². The molecule has 6 nitrogen and oxygen atoms in total. The molecule has 0 aliphatic heterocycles. The van der Waals surface area contributed by atoms with E-state index in [0.29, 0.717) is 17.6 Å². The van der Waals surface area contributed by atoms with Crippen molar-refractivity contribution in [2.75, 3.05) is 5.43 Å². The molecule has 17 heavy (non-hydrogen) atoms. The van der Waals surface area contributed by atoms with E-state index in [9.17, 15) is 4.79 Å². The fourth-order valence-electron chi connectivity index (χ4n) is 1.94. The van der Waals surface area contributed by atoms with Gasteiger partial charge in [-0.25, -0.2) is 5.43 Å². The summed E-state index contributed by atoms with van der Waals surface area (Å²) in [5.41, 5.74) is 4.01. The fourth-order valence-corrected chi connectivity index (χ4v) is 1.94. The van der Waals surface area contributed by atoms with Gasteiger partial charge in [0.15, 0.2) is 0 Å². The molecule has 0 aromatic carbocycles. The van der Waals surface area contributed by atoms with Crippen LogP contribution in [0, 0.1) is 12.8 Å². The van der Waals surface area contributed by atoms with Crippen LogP contribution < -0.4 is 11.0 Å². The maximum Gasteiger partial charge on any atom is 0.274 e. The lowest BCUT2D eigenvalue weighted by Crippen LogP contribution is -2.17. The molecule has 1 atom stereocenters. The van der Waals surface area contributed by atoms with Gasteiger partial charge in [-0.1, -0.05) is 6.92 Å². The first-order valence-electron chi connectivity index (χ1n) is 5.90. The predicted octanol–water partition coefficient (Wildman–Crippen LogP) is 1.45. The van der Waals surface area contributed by atoms with Crippen molar-refractivity contribution >= 4 is 11.7 Å². The first-order valence-corrected chi connectivity index (χ1v) is 5.90. The zero-order chi connectivity index (χ0) is 12.3. The third-order valence-corrected chi connectivity index (χ3v) is 2.93. The maximum absolute atomic E-state index is 11.3. The molecule has 1 aromatic rings. The number of hydrazone groups is 1. The molecule has 1 saturated carbocycles. The smallest absolute Gasteiger partial charge is 0.274 e. The van der Waals surface area contributed by atoms with Crippen molar-refractivity contribution < 1.29 is 0 Å². The number of hydrogen-bond acceptors (Lipinski definition) is 5. The number of aromatic nitrogens is 3. The number of rotatable bonds is 2. The van der Waals surface area contributed by atoms with Gasteiger partial charge in [-0.2, -0.15) is 5.10 Å². The van der Waals surface area contributed by atoms with Crippen LogP contribution in [-0.2, 0) is 0 Å². The van der Waals surface area contributed by atoms with Crippen molar-refractivity contribution in [2.24, 2.45) is 11.0 Å². The average molecular weight is 235 g/mol. The van der Waals surface area contributed by atoms with Crippen LogP contribution in [0.4, 0.5) is 5.95 Å². The van der Waals surface area contributed by atoms with Crippen LogP contribution in [0.5, 0.6) is 0 Å². The van der Waals surface area contributed by atoms with E-state index in [0.717, 1.165) is 18.6 Å². The second kappa shape index (κ2) is 5.07. The zero-order valence-electron chi connectivity index (χ0n) is 10.2. The number of aryl methyl sites for hydroxylation is 1. The van der Waals surface area contributed by atoms with Crippen molar-refractivity contribution in [2.45, 2.75) is 39.5 Å². The highest BCUT2D eigenvalue weighted by molar-refractivity contribution is 5.85. The number of hydrogen-bond donors (Lipinski definition) is 2. The fraction of sp³-hybridized carbons (Fsp3) is 0.636. The van der Waals surface area contributed by atoms with Crippen LogP contribution in [0.3, 0.4) is 0 Å². The van der Waals surface area contributed by atoms with Crippen LogP contribution in [-0.4, -0.2) is 20.9 Å². The molecular weight excluding hydrogens is 218 g/mol. The molecule has 1 heterocycles. The molecule has 0 radical (unpaired) electrons. The standard InChI is InChI=1S/C11H17N5O/c1-7-4-3-5-9(6-7)14-16-11-12-10(17)8(2)13-15-11/h7H,3-6H2,1-2H3,(H2,12,15,16,17)/b14-9-/t7-/m1/s1. The summed E-state index contributed by atoms with van der Waals surface area (Å²) in [5, 5.41) is 11.8. The summed E-state index contributed by atoms with van der Waals surface area (Å²) < 4.78 is 0. The number of nitrogens with zero attached hydrogens (tertiary/aromatic N) is 3. The van der Waals surface area contributed by atoms with Crippen molar-refractivity contribution in [3.63, 3.8) is 0 Å². The Hall–Kier alpha value is -1.72. The highest BCUT2D eigenvalue weighted by Crippen LogP contribution is 2.21. The Morgan fingerprint density at radius 2 is 2.29 bits per heavy atom. The van der Waals surface area contributed by atoms with Crippen LogP contribution in [0.2, 0.25) is 0 Å². The Labute approximate surface area is 99.5 Å². The van der Waals surface area contributed by atoms with E-state index in [1.807, 2.05) is 0 Å². The monoisotopic (exact) mass is 235 g/mol. The minimum atomic E-state index is -0.236. The summed E-state index contributed by atoms with van der Waals surface area (Å²) in [6.45, 7) is 3.84. The first-order chi connectivity index (χ1) is 8.15. The van der Waals surface area contributed by atoms with Gasteiger partial charge in [-0.05, 0) is 38.5 Å². The molecule has 1 aliphatic carbocycles. The Balaban J connectivity index is 2.03. The summed E-state index contributed by atoms with van der Waals surface area (Å²) in [5.74, 6) is 0.985. The van der Waals surface area contributed by atoms with E-state index in [1.54, 1.807) is 6.92 Å². The highest BCUT2D eigenvalue weighted by Gasteiger charge is 2.13. The van der Waals surface area contributed by atoms with Crippen molar-refractivity contribution in [1.29, 1.82) is 0 Å². The molecule has 0 unspecified atom stereocenters. The van der Waals surface area contributed by atoms with Crippen LogP contribution in [0.1, 0.15) is 38.3 Å². The van der Waals surface area contributed by atoms with E-state index in [2.05, 4.69) is 32.6 Å². The molecule has 0 saturated heterocycles. The highest BCUT2D eigenvalue weighted by atomic mass is 16.1. The van der Waals surface area contributed by atoms with Gasteiger partial charge >= 0.3 is 0 Å². The molecule has 92 valence electrons.